The van der Waals surface area contributed by atoms with Crippen LogP contribution in [0.1, 0.15) is 0 Å². The van der Waals surface area contributed by atoms with Crippen LogP contribution in [-0.2, 0) is 0 Å². The molecular weight excluding hydrogens is 321 g/mol. The summed E-state index contributed by atoms with van der Waals surface area (Å²) in [5.74, 6) is -0.312. The fraction of sp³-hybridized carbons (Fsp3) is 0.167. The standard InChI is InChI=1S/C12H9F3N4O4/c1-22-11-5-4-10(17-18-11)16-8-3-2-7(23-12(13,14)15)6-9(8)19(20)21/h2-6H,1H3,(H,16,17). The summed E-state index contributed by atoms with van der Waals surface area (Å²) in [6.45, 7) is 0. The third kappa shape index (κ3) is 4.43. The van der Waals surface area contributed by atoms with Crippen molar-refractivity contribution in [3.8, 4) is 11.6 Å². The summed E-state index contributed by atoms with van der Waals surface area (Å²) in [5.41, 5.74) is -0.673. The van der Waals surface area contributed by atoms with Gasteiger partial charge in [-0.3, -0.25) is 10.1 Å². The number of methoxy groups -OCH3 is 1. The minimum atomic E-state index is -4.94. The molecule has 0 spiro atoms. The van der Waals surface area contributed by atoms with Crippen LogP contribution in [0.2, 0.25) is 0 Å². The Morgan fingerprint density at radius 2 is 1.96 bits per heavy atom. The van der Waals surface area contributed by atoms with Gasteiger partial charge in [0.05, 0.1) is 18.1 Å². The lowest BCUT2D eigenvalue weighted by Crippen LogP contribution is -2.17. The van der Waals surface area contributed by atoms with Crippen LogP contribution >= 0.6 is 0 Å². The molecule has 0 amide bonds. The van der Waals surface area contributed by atoms with Crippen LogP contribution in [0, 0.1) is 10.1 Å². The molecule has 1 aromatic carbocycles. The number of benzene rings is 1. The van der Waals surface area contributed by atoms with Gasteiger partial charge in [0.25, 0.3) is 5.69 Å². The second kappa shape index (κ2) is 6.34. The number of nitrogens with zero attached hydrogens (tertiary/aromatic N) is 3. The zero-order chi connectivity index (χ0) is 17.0. The molecule has 1 N–H and O–H groups in total. The number of halogens is 3. The van der Waals surface area contributed by atoms with Gasteiger partial charge in [-0.1, -0.05) is 0 Å². The van der Waals surface area contributed by atoms with Gasteiger partial charge >= 0.3 is 6.36 Å². The number of hydrogen-bond donors (Lipinski definition) is 1. The molecule has 11 heteroatoms. The lowest BCUT2D eigenvalue weighted by Gasteiger charge is -2.10. The highest BCUT2D eigenvalue weighted by Gasteiger charge is 2.32. The van der Waals surface area contributed by atoms with Crippen LogP contribution < -0.4 is 14.8 Å². The van der Waals surface area contributed by atoms with Crippen molar-refractivity contribution in [1.82, 2.24) is 10.2 Å². The molecule has 2 rings (SSSR count). The van der Waals surface area contributed by atoms with Crippen LogP contribution in [0.5, 0.6) is 11.6 Å². The number of hydrogen-bond acceptors (Lipinski definition) is 7. The Balaban J connectivity index is 2.28. The van der Waals surface area contributed by atoms with Gasteiger partial charge in [-0.25, -0.2) is 0 Å². The Kier molecular flexibility index (Phi) is 4.48. The minimum absolute atomic E-state index is 0.0657. The van der Waals surface area contributed by atoms with E-state index in [1.165, 1.54) is 19.2 Å². The number of aromatic nitrogens is 2. The van der Waals surface area contributed by atoms with E-state index in [-0.39, 0.29) is 17.4 Å². The topological polar surface area (TPSA) is 99.4 Å². The molecule has 0 saturated carbocycles. The Morgan fingerprint density at radius 1 is 1.22 bits per heavy atom. The molecule has 122 valence electrons. The van der Waals surface area contributed by atoms with Gasteiger partial charge < -0.3 is 14.8 Å². The van der Waals surface area contributed by atoms with Crippen LogP contribution in [0.4, 0.5) is 30.4 Å². The number of alkyl halides is 3. The molecule has 8 nitrogen and oxygen atoms in total. The van der Waals surface area contributed by atoms with E-state index >= 15 is 0 Å². The van der Waals surface area contributed by atoms with Gasteiger partial charge in [-0.15, -0.1) is 23.4 Å². The molecule has 0 unspecified atom stereocenters. The number of nitro benzene ring substituents is 1. The van der Waals surface area contributed by atoms with E-state index in [9.17, 15) is 23.3 Å². The number of nitro groups is 1. The number of anilines is 2. The molecule has 0 aliphatic rings. The average molecular weight is 330 g/mol. The fourth-order valence-electron chi connectivity index (χ4n) is 1.60. The molecular formula is C12H9F3N4O4. The summed E-state index contributed by atoms with van der Waals surface area (Å²) in [4.78, 5) is 10.2. The molecule has 0 fully saturated rings. The van der Waals surface area contributed by atoms with Crippen molar-refractivity contribution < 1.29 is 27.6 Å². The SMILES string of the molecule is COc1ccc(Nc2ccc(OC(F)(F)F)cc2[N+](=O)[O-])nn1. The number of rotatable bonds is 5. The second-order valence-corrected chi connectivity index (χ2v) is 4.07. The molecule has 2 aromatic rings. The maximum atomic E-state index is 12.2. The molecule has 0 aliphatic heterocycles. The van der Waals surface area contributed by atoms with Crippen molar-refractivity contribution in [3.63, 3.8) is 0 Å². The summed E-state index contributed by atoms with van der Waals surface area (Å²) in [7, 11) is 1.39. The summed E-state index contributed by atoms with van der Waals surface area (Å²) < 4.78 is 44.9. The first-order chi connectivity index (χ1) is 10.8. The largest absolute Gasteiger partial charge is 0.573 e. The molecule has 0 saturated heterocycles. The number of ether oxygens (including phenoxy) is 2. The van der Waals surface area contributed by atoms with Crippen LogP contribution in [0.3, 0.4) is 0 Å². The maximum absolute atomic E-state index is 12.2. The van der Waals surface area contributed by atoms with Gasteiger partial charge in [0.15, 0.2) is 5.82 Å². The average Bonchev–Trinajstić information content (AvgIpc) is 2.48. The Hall–Kier alpha value is -3.11. The first kappa shape index (κ1) is 16.3. The van der Waals surface area contributed by atoms with Gasteiger partial charge in [0.1, 0.15) is 11.4 Å². The Bertz CT molecular complexity index is 706. The van der Waals surface area contributed by atoms with Crippen molar-refractivity contribution >= 4 is 17.2 Å². The van der Waals surface area contributed by atoms with E-state index in [4.69, 9.17) is 4.74 Å². The van der Waals surface area contributed by atoms with Crippen molar-refractivity contribution in [2.45, 2.75) is 6.36 Å². The van der Waals surface area contributed by atoms with Crippen molar-refractivity contribution in [1.29, 1.82) is 0 Å². The van der Waals surface area contributed by atoms with Crippen LogP contribution in [-0.4, -0.2) is 28.6 Å². The first-order valence-corrected chi connectivity index (χ1v) is 5.97. The first-order valence-electron chi connectivity index (χ1n) is 5.97. The highest BCUT2D eigenvalue weighted by atomic mass is 19.4. The predicted molar refractivity (Wildman–Crippen MR) is 71.6 cm³/mol. The summed E-state index contributed by atoms with van der Waals surface area (Å²) in [5, 5.41) is 21.0. The van der Waals surface area contributed by atoms with E-state index in [2.05, 4.69) is 20.3 Å². The van der Waals surface area contributed by atoms with E-state index in [0.29, 0.717) is 6.07 Å². The van der Waals surface area contributed by atoms with Gasteiger partial charge in [0.2, 0.25) is 5.88 Å². The van der Waals surface area contributed by atoms with Crippen LogP contribution in [0.25, 0.3) is 0 Å². The van der Waals surface area contributed by atoms with Crippen molar-refractivity contribution in [3.05, 3.63) is 40.4 Å². The van der Waals surface area contributed by atoms with E-state index < -0.39 is 22.7 Å². The molecule has 0 bridgehead atoms. The fourth-order valence-corrected chi connectivity index (χ4v) is 1.60. The lowest BCUT2D eigenvalue weighted by molar-refractivity contribution is -0.384. The Labute approximate surface area is 127 Å². The molecule has 23 heavy (non-hydrogen) atoms. The van der Waals surface area contributed by atoms with Crippen molar-refractivity contribution in [2.24, 2.45) is 0 Å². The summed E-state index contributed by atoms with van der Waals surface area (Å²) in [6.07, 6.45) is -4.94. The minimum Gasteiger partial charge on any atom is -0.480 e. The Morgan fingerprint density at radius 3 is 2.48 bits per heavy atom. The third-order valence-corrected chi connectivity index (χ3v) is 2.51. The zero-order valence-corrected chi connectivity index (χ0v) is 11.5. The molecule has 0 atom stereocenters. The monoisotopic (exact) mass is 330 g/mol. The third-order valence-electron chi connectivity index (χ3n) is 2.51. The van der Waals surface area contributed by atoms with E-state index in [0.717, 1.165) is 12.1 Å². The highest BCUT2D eigenvalue weighted by molar-refractivity contribution is 5.69. The summed E-state index contributed by atoms with van der Waals surface area (Å²) in [6, 6.07) is 5.58. The summed E-state index contributed by atoms with van der Waals surface area (Å²) >= 11 is 0. The molecule has 1 heterocycles. The molecule has 0 aliphatic carbocycles. The quantitative estimate of drug-likeness (QED) is 0.664. The van der Waals surface area contributed by atoms with Crippen molar-refractivity contribution in [2.75, 3.05) is 12.4 Å². The maximum Gasteiger partial charge on any atom is 0.573 e. The number of nitrogens with one attached hydrogen (secondary N) is 1. The zero-order valence-electron chi connectivity index (χ0n) is 11.5. The van der Waals surface area contributed by atoms with E-state index in [1.807, 2.05) is 0 Å². The van der Waals surface area contributed by atoms with Gasteiger partial charge in [-0.2, -0.15) is 0 Å². The van der Waals surface area contributed by atoms with Gasteiger partial charge in [0, 0.05) is 6.07 Å². The lowest BCUT2D eigenvalue weighted by atomic mass is 10.2. The smallest absolute Gasteiger partial charge is 0.480 e. The predicted octanol–water partition coefficient (Wildman–Crippen LogP) is 3.04. The molecule has 1 aromatic heterocycles. The highest BCUT2D eigenvalue weighted by Crippen LogP contribution is 2.33. The second-order valence-electron chi connectivity index (χ2n) is 4.07. The van der Waals surface area contributed by atoms with Gasteiger partial charge in [-0.05, 0) is 18.2 Å². The molecule has 0 radical (unpaired) electrons. The normalized spacial score (nSPS) is 11.0. The van der Waals surface area contributed by atoms with E-state index in [1.54, 1.807) is 0 Å². The van der Waals surface area contributed by atoms with Crippen LogP contribution in [0.15, 0.2) is 30.3 Å².